The van der Waals surface area contributed by atoms with Crippen molar-refractivity contribution in [1.29, 1.82) is 0 Å². The summed E-state index contributed by atoms with van der Waals surface area (Å²) >= 11 is 7.40. The molecule has 10 heteroatoms. The lowest BCUT2D eigenvalue weighted by atomic mass is 10.0. The second kappa shape index (κ2) is 16.3. The number of anilines is 3. The van der Waals surface area contributed by atoms with Crippen LogP contribution >= 0.6 is 23.6 Å². The molecular formula is C39H40N6O2S2. The molecule has 2 aromatic heterocycles. The molecule has 0 saturated heterocycles. The van der Waals surface area contributed by atoms with E-state index < -0.39 is 5.97 Å². The van der Waals surface area contributed by atoms with Crippen molar-refractivity contribution in [1.82, 2.24) is 15.1 Å². The van der Waals surface area contributed by atoms with Gasteiger partial charge in [0.25, 0.3) is 0 Å². The summed E-state index contributed by atoms with van der Waals surface area (Å²) in [4.78, 5) is 17.8. The van der Waals surface area contributed by atoms with E-state index in [1.54, 1.807) is 36.5 Å². The molecule has 0 spiro atoms. The van der Waals surface area contributed by atoms with Crippen LogP contribution < -0.4 is 15.5 Å². The van der Waals surface area contributed by atoms with Gasteiger partial charge in [0.2, 0.25) is 0 Å². The Kier molecular flexibility index (Phi) is 11.7. The molecule has 0 radical (unpaired) electrons. The van der Waals surface area contributed by atoms with Gasteiger partial charge in [-0.3, -0.25) is 4.90 Å². The van der Waals surface area contributed by atoms with Crippen LogP contribution in [-0.2, 0) is 13.0 Å². The number of benzene rings is 4. The first-order valence-electron chi connectivity index (χ1n) is 15.8. The summed E-state index contributed by atoms with van der Waals surface area (Å²) in [5.41, 5.74) is 14.2. The summed E-state index contributed by atoms with van der Waals surface area (Å²) in [7, 11) is 6.16. The Morgan fingerprint density at radius 2 is 1.51 bits per heavy atom. The molecule has 2 heterocycles. The highest BCUT2D eigenvalue weighted by atomic mass is 32.1. The lowest BCUT2D eigenvalue weighted by Gasteiger charge is -2.24. The molecule has 3 N–H and O–H groups in total. The lowest BCUT2D eigenvalue weighted by molar-refractivity contribution is 0.0697. The van der Waals surface area contributed by atoms with Gasteiger partial charge in [-0.05, 0) is 103 Å². The van der Waals surface area contributed by atoms with Crippen LogP contribution in [0.2, 0.25) is 0 Å². The average Bonchev–Trinajstić information content (AvgIpc) is 3.42. The summed E-state index contributed by atoms with van der Waals surface area (Å²) in [6, 6.07) is 35.6. The van der Waals surface area contributed by atoms with Crippen LogP contribution in [0.25, 0.3) is 21.2 Å². The summed E-state index contributed by atoms with van der Waals surface area (Å²) < 4.78 is 1.27. The van der Waals surface area contributed by atoms with E-state index in [9.17, 15) is 4.79 Å². The lowest BCUT2D eigenvalue weighted by Crippen LogP contribution is -2.31. The zero-order valence-electron chi connectivity index (χ0n) is 28.1. The number of carboxylic acid groups (broad SMARTS) is 1. The Morgan fingerprint density at radius 3 is 2.16 bits per heavy atom. The fraction of sp³-hybridized carbons (Fsp3) is 0.179. The number of aromatic nitrogens is 2. The van der Waals surface area contributed by atoms with E-state index in [0.717, 1.165) is 53.4 Å². The maximum absolute atomic E-state index is 10.2. The van der Waals surface area contributed by atoms with Crippen LogP contribution in [-0.4, -0.2) is 59.0 Å². The number of rotatable bonds is 10. The average molecular weight is 689 g/mol. The van der Waals surface area contributed by atoms with Crippen molar-refractivity contribution >= 4 is 61.8 Å². The summed E-state index contributed by atoms with van der Waals surface area (Å²) in [6.45, 7) is 3.86. The topological polar surface area (TPSA) is 98.8 Å². The van der Waals surface area contributed by atoms with Gasteiger partial charge in [0.15, 0.2) is 5.11 Å². The highest BCUT2D eigenvalue weighted by molar-refractivity contribution is 7.80. The van der Waals surface area contributed by atoms with Gasteiger partial charge in [0, 0.05) is 48.1 Å². The molecule has 8 nitrogen and oxygen atoms in total. The Morgan fingerprint density at radius 1 is 0.837 bits per heavy atom. The number of nitrogens with zero attached hydrogens (tertiary/aromatic N) is 5. The van der Waals surface area contributed by atoms with E-state index in [1.807, 2.05) is 53.4 Å². The van der Waals surface area contributed by atoms with E-state index in [0.29, 0.717) is 10.7 Å². The highest BCUT2D eigenvalue weighted by Crippen LogP contribution is 2.37. The predicted molar refractivity (Wildman–Crippen MR) is 207 cm³/mol. The molecule has 6 aromatic rings. The maximum Gasteiger partial charge on any atom is 0.335 e. The maximum atomic E-state index is 10.2. The minimum Gasteiger partial charge on any atom is -0.478 e. The SMILES string of the molecule is Cc1sc2ccc(N(C(N)=S)c3cccc(-c4ccccc4)c3)cc2c1CCN(C)Cc1cc(N(C)C)cnn1.O=C(O)c1ccccc1. The van der Waals surface area contributed by atoms with Crippen molar-refractivity contribution < 1.29 is 9.90 Å². The second-order valence-electron chi connectivity index (χ2n) is 11.9. The van der Waals surface area contributed by atoms with Crippen LogP contribution in [0.5, 0.6) is 0 Å². The van der Waals surface area contributed by atoms with Crippen molar-refractivity contribution in [3.63, 3.8) is 0 Å². The quantitative estimate of drug-likeness (QED) is 0.138. The number of thiocarbonyl (C=S) groups is 1. The van der Waals surface area contributed by atoms with E-state index in [2.05, 4.69) is 89.7 Å². The molecule has 0 unspecified atom stereocenters. The summed E-state index contributed by atoms with van der Waals surface area (Å²) in [6.07, 6.45) is 2.72. The molecule has 0 bridgehead atoms. The fourth-order valence-electron chi connectivity index (χ4n) is 5.53. The van der Waals surface area contributed by atoms with Crippen LogP contribution in [0.1, 0.15) is 26.5 Å². The van der Waals surface area contributed by atoms with E-state index in [4.69, 9.17) is 23.1 Å². The third-order valence-corrected chi connectivity index (χ3v) is 9.38. The Bertz CT molecular complexity index is 2030. The first-order valence-corrected chi connectivity index (χ1v) is 17.1. The van der Waals surface area contributed by atoms with E-state index in [1.165, 1.54) is 20.5 Å². The van der Waals surface area contributed by atoms with Crippen LogP contribution in [0, 0.1) is 6.92 Å². The smallest absolute Gasteiger partial charge is 0.335 e. The third kappa shape index (κ3) is 9.05. The predicted octanol–water partition coefficient (Wildman–Crippen LogP) is 8.17. The number of hydrogen-bond donors (Lipinski definition) is 2. The number of thiophene rings is 1. The van der Waals surface area contributed by atoms with Crippen LogP contribution in [0.15, 0.2) is 115 Å². The van der Waals surface area contributed by atoms with Crippen molar-refractivity contribution in [2.24, 2.45) is 5.73 Å². The molecule has 250 valence electrons. The van der Waals surface area contributed by atoms with Gasteiger partial charge in [-0.2, -0.15) is 10.2 Å². The first-order chi connectivity index (χ1) is 23.6. The van der Waals surface area contributed by atoms with Gasteiger partial charge < -0.3 is 20.6 Å². The number of fused-ring (bicyclic) bond motifs is 1. The standard InChI is InChI=1S/C32H34N6S2.C7H6O2/c1-22-29(15-16-37(4)21-25-18-28(36(2)3)20-34-35-25)30-19-27(13-14-31(30)40-22)38(32(33)39)26-12-8-11-24(17-26)23-9-6-5-7-10-23;8-7(9)6-4-2-1-3-5-6/h5-14,17-20H,15-16,21H2,1-4H3,(H2,33,39);1-5H,(H,8,9). The monoisotopic (exact) mass is 688 g/mol. The number of carboxylic acids is 1. The van der Waals surface area contributed by atoms with E-state index >= 15 is 0 Å². The Balaban J connectivity index is 0.000000452. The molecular weight excluding hydrogens is 649 g/mol. The summed E-state index contributed by atoms with van der Waals surface area (Å²) in [5, 5.41) is 18.5. The number of likely N-dealkylation sites (N-methyl/N-ethyl adjacent to an activating group) is 1. The van der Waals surface area contributed by atoms with E-state index in [-0.39, 0.29) is 0 Å². The number of nitrogens with two attached hydrogens (primary N) is 1. The minimum absolute atomic E-state index is 0.318. The Hall–Kier alpha value is -5.16. The van der Waals surface area contributed by atoms with Crippen LogP contribution in [0.3, 0.4) is 0 Å². The van der Waals surface area contributed by atoms with Gasteiger partial charge >= 0.3 is 5.97 Å². The first kappa shape index (κ1) is 35.2. The molecule has 0 fully saturated rings. The normalized spacial score (nSPS) is 10.8. The molecule has 0 amide bonds. The highest BCUT2D eigenvalue weighted by Gasteiger charge is 2.17. The van der Waals surface area contributed by atoms with Gasteiger partial charge in [-0.25, -0.2) is 4.79 Å². The molecule has 0 aliphatic heterocycles. The molecule has 0 aliphatic rings. The van der Waals surface area contributed by atoms with Crippen LogP contribution in [0.4, 0.5) is 17.1 Å². The van der Waals surface area contributed by atoms with Gasteiger partial charge in [-0.15, -0.1) is 11.3 Å². The zero-order valence-corrected chi connectivity index (χ0v) is 29.7. The number of carbonyl (C=O) groups is 1. The van der Waals surface area contributed by atoms with Crippen molar-refractivity contribution in [2.45, 2.75) is 19.9 Å². The minimum atomic E-state index is -0.879. The largest absolute Gasteiger partial charge is 0.478 e. The fourth-order valence-corrected chi connectivity index (χ4v) is 6.83. The molecule has 6 rings (SSSR count). The van der Waals surface area contributed by atoms with Crippen molar-refractivity contribution in [3.05, 3.63) is 137 Å². The molecule has 4 aromatic carbocycles. The molecule has 0 saturated carbocycles. The summed E-state index contributed by atoms with van der Waals surface area (Å²) in [5.74, 6) is -0.879. The van der Waals surface area contributed by atoms with Gasteiger partial charge in [-0.1, -0.05) is 60.7 Å². The number of aryl methyl sites for hydroxylation is 1. The second-order valence-corrected chi connectivity index (χ2v) is 13.5. The molecule has 49 heavy (non-hydrogen) atoms. The zero-order chi connectivity index (χ0) is 34.9. The third-order valence-electron chi connectivity index (χ3n) is 8.07. The Labute approximate surface area is 297 Å². The number of hydrogen-bond acceptors (Lipinski definition) is 7. The van der Waals surface area contributed by atoms with Crippen molar-refractivity contribution in [2.75, 3.05) is 37.5 Å². The number of aromatic carboxylic acids is 1. The van der Waals surface area contributed by atoms with Gasteiger partial charge in [0.1, 0.15) is 0 Å². The molecule has 0 atom stereocenters. The van der Waals surface area contributed by atoms with Gasteiger partial charge in [0.05, 0.1) is 23.1 Å². The molecule has 0 aliphatic carbocycles. The van der Waals surface area contributed by atoms with Crippen molar-refractivity contribution in [3.8, 4) is 11.1 Å².